The zero-order chi connectivity index (χ0) is 16.1. The maximum Gasteiger partial charge on any atom is 0.231 e. The molecule has 0 amide bonds. The van der Waals surface area contributed by atoms with E-state index in [2.05, 4.69) is 11.9 Å². The number of fused-ring (bicyclic) bond motifs is 2. The first-order chi connectivity index (χ1) is 11.0. The number of nitrogens with one attached hydrogen (secondary N) is 1. The third-order valence-corrected chi connectivity index (χ3v) is 4.30. The normalized spacial score (nSPS) is 12.3. The molecule has 0 bridgehead atoms. The highest BCUT2D eigenvalue weighted by molar-refractivity contribution is 5.93. The van der Waals surface area contributed by atoms with Crippen molar-refractivity contribution in [1.82, 2.24) is 4.98 Å². The summed E-state index contributed by atoms with van der Waals surface area (Å²) in [5.74, 6) is 1.82. The summed E-state index contributed by atoms with van der Waals surface area (Å²) in [5, 5.41) is 11.1. The Kier molecular flexibility index (Phi) is 3.97. The van der Waals surface area contributed by atoms with Crippen LogP contribution < -0.4 is 14.4 Å². The van der Waals surface area contributed by atoms with Crippen molar-refractivity contribution >= 4 is 29.0 Å². The van der Waals surface area contributed by atoms with Crippen LogP contribution in [0.5, 0.6) is 17.2 Å². The summed E-state index contributed by atoms with van der Waals surface area (Å²) in [6.45, 7) is 2.36. The number of aryl methyl sites for hydroxylation is 1. The molecule has 0 saturated carbocycles. The number of ether oxygens (including phenoxy) is 2. The minimum Gasteiger partial charge on any atom is -0.506 e. The summed E-state index contributed by atoms with van der Waals surface area (Å²) in [4.78, 5) is 5.36. The van der Waals surface area contributed by atoms with E-state index >= 15 is 0 Å². The minimum absolute atomic E-state index is 0. The smallest absolute Gasteiger partial charge is 0.231 e. The number of hydrogen-bond donors (Lipinski definition) is 2. The maximum absolute atomic E-state index is 9.99. The molecule has 0 radical (unpaired) electrons. The van der Waals surface area contributed by atoms with Crippen molar-refractivity contribution in [3.8, 4) is 28.5 Å². The molecule has 1 aliphatic heterocycles. The van der Waals surface area contributed by atoms with Crippen molar-refractivity contribution in [2.45, 2.75) is 6.92 Å². The van der Waals surface area contributed by atoms with Gasteiger partial charge < -0.3 is 24.5 Å². The Balaban J connectivity index is 0.00000169. The fourth-order valence-corrected chi connectivity index (χ4v) is 3.04. The van der Waals surface area contributed by atoms with Gasteiger partial charge in [0, 0.05) is 36.8 Å². The van der Waals surface area contributed by atoms with Crippen LogP contribution in [0.1, 0.15) is 5.56 Å². The lowest BCUT2D eigenvalue weighted by atomic mass is 10.0. The van der Waals surface area contributed by atoms with E-state index in [9.17, 15) is 5.11 Å². The zero-order valence-corrected chi connectivity index (χ0v) is 14.5. The van der Waals surface area contributed by atoms with Crippen LogP contribution in [0.4, 0.5) is 5.69 Å². The third kappa shape index (κ3) is 2.41. The monoisotopic (exact) mass is 346 g/mol. The second-order valence-corrected chi connectivity index (χ2v) is 5.97. The second kappa shape index (κ2) is 5.83. The van der Waals surface area contributed by atoms with Gasteiger partial charge in [0.2, 0.25) is 6.79 Å². The molecule has 0 spiro atoms. The number of halogens is 1. The lowest BCUT2D eigenvalue weighted by molar-refractivity contribution is 0.174. The Hall–Kier alpha value is -2.53. The number of H-pyrrole nitrogens is 1. The van der Waals surface area contributed by atoms with Crippen LogP contribution in [0.2, 0.25) is 0 Å². The van der Waals surface area contributed by atoms with Crippen LogP contribution in [-0.2, 0) is 0 Å². The van der Waals surface area contributed by atoms with E-state index in [1.165, 1.54) is 0 Å². The summed E-state index contributed by atoms with van der Waals surface area (Å²) >= 11 is 0. The number of aromatic nitrogens is 1. The fourth-order valence-electron chi connectivity index (χ4n) is 3.04. The summed E-state index contributed by atoms with van der Waals surface area (Å²) in [6.07, 6.45) is 0. The predicted octanol–water partition coefficient (Wildman–Crippen LogP) is 4.07. The number of benzene rings is 2. The largest absolute Gasteiger partial charge is 0.506 e. The molecule has 6 heteroatoms. The topological polar surface area (TPSA) is 57.7 Å². The van der Waals surface area contributed by atoms with E-state index < -0.39 is 0 Å². The number of hydrogen-bond acceptors (Lipinski definition) is 4. The average molecular weight is 347 g/mol. The second-order valence-electron chi connectivity index (χ2n) is 5.97. The van der Waals surface area contributed by atoms with Crippen LogP contribution in [0.15, 0.2) is 30.3 Å². The number of aromatic hydroxyl groups is 1. The van der Waals surface area contributed by atoms with Gasteiger partial charge in [0.05, 0.1) is 11.2 Å². The molecule has 2 N–H and O–H groups in total. The maximum atomic E-state index is 9.99. The van der Waals surface area contributed by atoms with E-state index in [0.717, 1.165) is 44.9 Å². The lowest BCUT2D eigenvalue weighted by Crippen LogP contribution is -2.08. The van der Waals surface area contributed by atoms with Crippen molar-refractivity contribution in [1.29, 1.82) is 0 Å². The highest BCUT2D eigenvalue weighted by atomic mass is 35.5. The third-order valence-electron chi connectivity index (χ3n) is 4.30. The number of aromatic amines is 1. The first-order valence-corrected chi connectivity index (χ1v) is 7.47. The van der Waals surface area contributed by atoms with Gasteiger partial charge in [-0.25, -0.2) is 0 Å². The fraction of sp³-hybridized carbons (Fsp3) is 0.222. The summed E-state index contributed by atoms with van der Waals surface area (Å²) in [6, 6.07) is 9.61. The Labute approximate surface area is 146 Å². The van der Waals surface area contributed by atoms with Crippen LogP contribution in [-0.4, -0.2) is 31.0 Å². The van der Waals surface area contributed by atoms with Crippen LogP contribution in [0, 0.1) is 6.92 Å². The summed E-state index contributed by atoms with van der Waals surface area (Å²) in [7, 11) is 3.83. The molecule has 24 heavy (non-hydrogen) atoms. The molecule has 0 atom stereocenters. The van der Waals surface area contributed by atoms with Crippen molar-refractivity contribution in [3.05, 3.63) is 35.9 Å². The number of phenolic OH excluding ortho intramolecular Hbond substituents is 1. The molecule has 3 aromatic rings. The molecule has 126 valence electrons. The lowest BCUT2D eigenvalue weighted by Gasteiger charge is -2.15. The van der Waals surface area contributed by atoms with Crippen molar-refractivity contribution in [2.75, 3.05) is 25.8 Å². The Morgan fingerprint density at radius 2 is 1.79 bits per heavy atom. The van der Waals surface area contributed by atoms with Gasteiger partial charge in [-0.2, -0.15) is 0 Å². The Morgan fingerprint density at radius 1 is 1.08 bits per heavy atom. The predicted molar refractivity (Wildman–Crippen MR) is 97.8 cm³/mol. The molecule has 1 aliphatic rings. The van der Waals surface area contributed by atoms with Gasteiger partial charge in [-0.1, -0.05) is 0 Å². The van der Waals surface area contributed by atoms with Gasteiger partial charge in [-0.3, -0.25) is 0 Å². The van der Waals surface area contributed by atoms with Gasteiger partial charge in [0.15, 0.2) is 11.5 Å². The minimum atomic E-state index is 0. The van der Waals surface area contributed by atoms with Crippen molar-refractivity contribution < 1.29 is 14.6 Å². The number of rotatable bonds is 2. The quantitative estimate of drug-likeness (QED) is 0.734. The zero-order valence-electron chi connectivity index (χ0n) is 13.7. The van der Waals surface area contributed by atoms with Crippen molar-refractivity contribution in [3.63, 3.8) is 0 Å². The summed E-state index contributed by atoms with van der Waals surface area (Å²) < 4.78 is 10.9. The van der Waals surface area contributed by atoms with Gasteiger partial charge in [-0.05, 0) is 36.8 Å². The number of nitrogens with zero attached hydrogens (tertiary/aromatic N) is 1. The Bertz CT molecular complexity index is 918. The van der Waals surface area contributed by atoms with Crippen LogP contribution in [0.25, 0.3) is 22.2 Å². The molecule has 0 saturated heterocycles. The van der Waals surface area contributed by atoms with Crippen molar-refractivity contribution in [2.24, 2.45) is 0 Å². The van der Waals surface area contributed by atoms with E-state index in [1.54, 1.807) is 6.07 Å². The van der Waals surface area contributed by atoms with E-state index in [4.69, 9.17) is 9.47 Å². The highest BCUT2D eigenvalue weighted by Crippen LogP contribution is 2.40. The van der Waals surface area contributed by atoms with E-state index in [1.807, 2.05) is 43.3 Å². The first-order valence-electron chi connectivity index (χ1n) is 7.47. The number of anilines is 1. The van der Waals surface area contributed by atoms with E-state index in [-0.39, 0.29) is 24.9 Å². The number of phenols is 1. The highest BCUT2D eigenvalue weighted by Gasteiger charge is 2.18. The molecule has 0 aliphatic carbocycles. The van der Waals surface area contributed by atoms with Gasteiger partial charge in [-0.15, -0.1) is 12.4 Å². The molecular weight excluding hydrogens is 328 g/mol. The summed E-state index contributed by atoms with van der Waals surface area (Å²) in [5.41, 5.74) is 5.01. The molecule has 0 unspecified atom stereocenters. The molecular formula is C18H19ClN2O3. The van der Waals surface area contributed by atoms with E-state index in [0.29, 0.717) is 0 Å². The van der Waals surface area contributed by atoms with Gasteiger partial charge in [0.25, 0.3) is 0 Å². The van der Waals surface area contributed by atoms with Crippen LogP contribution >= 0.6 is 12.4 Å². The SMILES string of the molecule is Cc1c(-c2ccc(O)c(N(C)C)c2)[nH]c2cc3c(cc12)OCO3.Cl. The average Bonchev–Trinajstić information content (AvgIpc) is 3.10. The van der Waals surface area contributed by atoms with Crippen LogP contribution in [0.3, 0.4) is 0 Å². The Morgan fingerprint density at radius 3 is 2.50 bits per heavy atom. The molecule has 2 heterocycles. The molecule has 1 aromatic heterocycles. The molecule has 5 nitrogen and oxygen atoms in total. The standard InChI is InChI=1S/C18H18N2O3.ClH/c1-10-12-7-16-17(23-9-22-16)8-13(12)19-18(10)11-4-5-15(21)14(6-11)20(2)3;/h4-8,19,21H,9H2,1-3H3;1H. The van der Waals surface area contributed by atoms with Gasteiger partial charge in [0.1, 0.15) is 5.75 Å². The molecule has 4 rings (SSSR count). The first kappa shape index (κ1) is 16.3. The van der Waals surface area contributed by atoms with Gasteiger partial charge >= 0.3 is 0 Å². The molecule has 0 fully saturated rings. The molecule has 2 aromatic carbocycles.